The molecule has 0 aromatic carbocycles. The van der Waals surface area contributed by atoms with Gasteiger partial charge in [-0.1, -0.05) is 0 Å². The first-order valence-corrected chi connectivity index (χ1v) is 11.3. The standard InChI is InChI=1S/C22H44O10/c1-5-24-6-7-25-8-9-26-10-11-27-12-13-28-14-15-29-16-17-30-18-19-31-20-21(23)32-22(2,3)4/h5-20H2,1-4H3. The Hall–Kier alpha value is -0.850. The van der Waals surface area contributed by atoms with Gasteiger partial charge in [-0.3, -0.25) is 0 Å². The zero-order valence-corrected chi connectivity index (χ0v) is 20.4. The first-order valence-electron chi connectivity index (χ1n) is 11.3. The second-order valence-corrected chi connectivity index (χ2v) is 7.51. The van der Waals surface area contributed by atoms with Crippen LogP contribution in [0.2, 0.25) is 0 Å². The van der Waals surface area contributed by atoms with E-state index in [1.54, 1.807) is 0 Å². The van der Waals surface area contributed by atoms with Crippen molar-refractivity contribution in [3.8, 4) is 0 Å². The number of carbonyl (C=O) groups is 1. The minimum absolute atomic E-state index is 0.0739. The van der Waals surface area contributed by atoms with Crippen molar-refractivity contribution in [2.45, 2.75) is 33.3 Å². The average Bonchev–Trinajstić information content (AvgIpc) is 2.73. The van der Waals surface area contributed by atoms with Gasteiger partial charge in [0.1, 0.15) is 12.2 Å². The summed E-state index contributed by atoms with van der Waals surface area (Å²) in [7, 11) is 0. The van der Waals surface area contributed by atoms with Gasteiger partial charge in [-0.05, 0) is 27.7 Å². The molecule has 0 bridgehead atoms. The molecule has 0 aliphatic heterocycles. The molecule has 10 nitrogen and oxygen atoms in total. The molecule has 0 aliphatic rings. The molecule has 0 N–H and O–H groups in total. The van der Waals surface area contributed by atoms with Gasteiger partial charge in [0.2, 0.25) is 0 Å². The lowest BCUT2D eigenvalue weighted by atomic mass is 10.2. The normalized spacial score (nSPS) is 11.8. The number of esters is 1. The van der Waals surface area contributed by atoms with E-state index in [-0.39, 0.29) is 12.6 Å². The summed E-state index contributed by atoms with van der Waals surface area (Å²) in [4.78, 5) is 11.4. The maximum Gasteiger partial charge on any atom is 0.332 e. The second-order valence-electron chi connectivity index (χ2n) is 7.51. The lowest BCUT2D eigenvalue weighted by Gasteiger charge is -2.19. The van der Waals surface area contributed by atoms with Crippen molar-refractivity contribution >= 4 is 5.97 Å². The third kappa shape index (κ3) is 27.2. The van der Waals surface area contributed by atoms with Gasteiger partial charge in [0, 0.05) is 6.61 Å². The van der Waals surface area contributed by atoms with Gasteiger partial charge in [-0.2, -0.15) is 0 Å². The fourth-order valence-corrected chi connectivity index (χ4v) is 2.11. The molecule has 0 saturated heterocycles. The highest BCUT2D eigenvalue weighted by Gasteiger charge is 2.15. The summed E-state index contributed by atoms with van der Waals surface area (Å²) in [6.07, 6.45) is 0. The number of ether oxygens (including phenoxy) is 9. The Morgan fingerprint density at radius 1 is 0.500 bits per heavy atom. The Bertz CT molecular complexity index is 401. The van der Waals surface area contributed by atoms with Gasteiger partial charge in [0.15, 0.2) is 0 Å². The Labute approximate surface area is 193 Å². The fourth-order valence-electron chi connectivity index (χ4n) is 2.11. The summed E-state index contributed by atoms with van der Waals surface area (Å²) in [6.45, 7) is 15.1. The van der Waals surface area contributed by atoms with Crippen LogP contribution in [-0.2, 0) is 47.4 Å². The van der Waals surface area contributed by atoms with Crippen molar-refractivity contribution < 1.29 is 47.4 Å². The van der Waals surface area contributed by atoms with E-state index in [9.17, 15) is 4.79 Å². The number of hydrogen-bond acceptors (Lipinski definition) is 10. The summed E-state index contributed by atoms with van der Waals surface area (Å²) >= 11 is 0. The molecule has 0 atom stereocenters. The van der Waals surface area contributed by atoms with E-state index in [1.165, 1.54) is 0 Å². The number of carbonyl (C=O) groups excluding carboxylic acids is 1. The maximum atomic E-state index is 11.4. The van der Waals surface area contributed by atoms with Gasteiger partial charge in [0.25, 0.3) is 0 Å². The largest absolute Gasteiger partial charge is 0.458 e. The van der Waals surface area contributed by atoms with Gasteiger partial charge in [-0.15, -0.1) is 0 Å². The van der Waals surface area contributed by atoms with Gasteiger partial charge >= 0.3 is 5.97 Å². The van der Waals surface area contributed by atoms with Crippen molar-refractivity contribution in [3.63, 3.8) is 0 Å². The summed E-state index contributed by atoms with van der Waals surface area (Å²) in [6, 6.07) is 0. The van der Waals surface area contributed by atoms with E-state index in [1.807, 2.05) is 27.7 Å². The lowest BCUT2D eigenvalue weighted by molar-refractivity contribution is -0.160. The third-order valence-corrected chi connectivity index (χ3v) is 3.45. The van der Waals surface area contributed by atoms with Crippen molar-refractivity contribution in [3.05, 3.63) is 0 Å². The highest BCUT2D eigenvalue weighted by atomic mass is 16.6. The molecule has 10 heteroatoms. The smallest absolute Gasteiger partial charge is 0.332 e. The van der Waals surface area contributed by atoms with Crippen LogP contribution < -0.4 is 0 Å². The summed E-state index contributed by atoms with van der Waals surface area (Å²) in [5.74, 6) is -0.380. The van der Waals surface area contributed by atoms with Crippen LogP contribution >= 0.6 is 0 Å². The van der Waals surface area contributed by atoms with Crippen LogP contribution in [0.5, 0.6) is 0 Å². The van der Waals surface area contributed by atoms with Crippen LogP contribution in [0.1, 0.15) is 27.7 Å². The highest BCUT2D eigenvalue weighted by molar-refractivity contribution is 5.71. The molecule has 0 rings (SSSR count). The van der Waals surface area contributed by atoms with Crippen molar-refractivity contribution in [2.24, 2.45) is 0 Å². The Morgan fingerprint density at radius 3 is 1.06 bits per heavy atom. The molecule has 0 aromatic heterocycles. The van der Waals surface area contributed by atoms with Crippen LogP contribution in [0.15, 0.2) is 0 Å². The molecule has 0 aromatic rings. The molecule has 0 amide bonds. The molecular weight excluding hydrogens is 424 g/mol. The second kappa shape index (κ2) is 23.3. The molecule has 0 radical (unpaired) electrons. The van der Waals surface area contributed by atoms with E-state index >= 15 is 0 Å². The predicted molar refractivity (Wildman–Crippen MR) is 118 cm³/mol. The van der Waals surface area contributed by atoms with Crippen LogP contribution in [0.3, 0.4) is 0 Å². The summed E-state index contributed by atoms with van der Waals surface area (Å²) in [5.41, 5.74) is -0.500. The van der Waals surface area contributed by atoms with E-state index in [0.29, 0.717) is 99.1 Å². The van der Waals surface area contributed by atoms with E-state index < -0.39 is 5.60 Å². The van der Waals surface area contributed by atoms with E-state index in [0.717, 1.165) is 0 Å². The summed E-state index contributed by atoms with van der Waals surface area (Å²) < 4.78 is 47.8. The minimum Gasteiger partial charge on any atom is -0.458 e. The fraction of sp³-hybridized carbons (Fsp3) is 0.955. The van der Waals surface area contributed by atoms with Crippen molar-refractivity contribution in [1.82, 2.24) is 0 Å². The summed E-state index contributed by atoms with van der Waals surface area (Å²) in [5, 5.41) is 0. The Balaban J connectivity index is 3.10. The monoisotopic (exact) mass is 468 g/mol. The number of hydrogen-bond donors (Lipinski definition) is 0. The molecule has 0 heterocycles. The van der Waals surface area contributed by atoms with E-state index in [2.05, 4.69) is 0 Å². The minimum atomic E-state index is -0.500. The van der Waals surface area contributed by atoms with Crippen molar-refractivity contribution in [1.29, 1.82) is 0 Å². The molecule has 192 valence electrons. The van der Waals surface area contributed by atoms with Crippen LogP contribution in [0.25, 0.3) is 0 Å². The predicted octanol–water partition coefficient (Wildman–Crippen LogP) is 1.48. The molecule has 32 heavy (non-hydrogen) atoms. The first-order chi connectivity index (χ1) is 15.5. The van der Waals surface area contributed by atoms with Gasteiger partial charge < -0.3 is 42.6 Å². The SMILES string of the molecule is CCOCCOCCOCCOCCOCCOCCOCCOCC(=O)OC(C)(C)C. The van der Waals surface area contributed by atoms with Crippen LogP contribution in [-0.4, -0.2) is 117 Å². The molecule has 0 spiro atoms. The molecule has 0 saturated carbocycles. The molecule has 0 fully saturated rings. The molecule has 0 unspecified atom stereocenters. The van der Waals surface area contributed by atoms with Gasteiger partial charge in [0.05, 0.1) is 92.5 Å². The highest BCUT2D eigenvalue weighted by Crippen LogP contribution is 2.06. The average molecular weight is 469 g/mol. The third-order valence-electron chi connectivity index (χ3n) is 3.45. The molecular formula is C22H44O10. The first kappa shape index (κ1) is 31.1. The zero-order valence-electron chi connectivity index (χ0n) is 20.4. The van der Waals surface area contributed by atoms with Crippen LogP contribution in [0, 0.1) is 0 Å². The quantitative estimate of drug-likeness (QED) is 0.153. The van der Waals surface area contributed by atoms with E-state index in [4.69, 9.17) is 42.6 Å². The molecule has 0 aliphatic carbocycles. The number of rotatable bonds is 24. The lowest BCUT2D eigenvalue weighted by Crippen LogP contribution is -2.27. The van der Waals surface area contributed by atoms with Gasteiger partial charge in [-0.25, -0.2) is 4.79 Å². The topological polar surface area (TPSA) is 100 Å². The van der Waals surface area contributed by atoms with Crippen molar-refractivity contribution in [2.75, 3.05) is 106 Å². The maximum absolute atomic E-state index is 11.4. The van der Waals surface area contributed by atoms with Crippen LogP contribution in [0.4, 0.5) is 0 Å². The Morgan fingerprint density at radius 2 is 0.781 bits per heavy atom. The zero-order chi connectivity index (χ0) is 23.8. The Kier molecular flexibility index (Phi) is 22.7.